The summed E-state index contributed by atoms with van der Waals surface area (Å²) in [5.74, 6) is 0.832. The molecule has 0 atom stereocenters. The molecule has 1 heterocycles. The molecule has 0 radical (unpaired) electrons. The van der Waals surface area contributed by atoms with Gasteiger partial charge >= 0.3 is 5.97 Å². The molecule has 0 saturated heterocycles. The highest BCUT2D eigenvalue weighted by atomic mass is 32.2. The van der Waals surface area contributed by atoms with Crippen molar-refractivity contribution in [3.8, 4) is 10.6 Å². The van der Waals surface area contributed by atoms with Crippen LogP contribution in [-0.2, 0) is 9.53 Å². The van der Waals surface area contributed by atoms with E-state index in [4.69, 9.17) is 9.47 Å². The van der Waals surface area contributed by atoms with Crippen molar-refractivity contribution in [2.45, 2.75) is 51.6 Å². The van der Waals surface area contributed by atoms with Gasteiger partial charge in [-0.1, -0.05) is 43.5 Å². The van der Waals surface area contributed by atoms with Crippen molar-refractivity contribution in [3.05, 3.63) is 72.8 Å². The Morgan fingerprint density at radius 1 is 0.848 bits per heavy atom. The van der Waals surface area contributed by atoms with Gasteiger partial charge in [0.25, 0.3) is 0 Å². The number of carbonyl (C=O) groups is 1. The van der Waals surface area contributed by atoms with E-state index in [0.717, 1.165) is 12.8 Å². The minimum atomic E-state index is -0.435. The largest absolute Gasteiger partial charge is 0.482 e. The number of rotatable bonds is 6. The van der Waals surface area contributed by atoms with Crippen molar-refractivity contribution in [1.29, 1.82) is 0 Å². The number of ether oxygens (including phenoxy) is 2. The van der Waals surface area contributed by atoms with Gasteiger partial charge in [-0.3, -0.25) is 0 Å². The topological polar surface area (TPSA) is 35.5 Å². The molecule has 4 heteroatoms. The number of carbonyl (C=O) groups excluding carboxylic acids is 1. The fourth-order valence-electron chi connectivity index (χ4n) is 5.12. The molecule has 1 aliphatic carbocycles. The third-order valence-corrected chi connectivity index (χ3v) is 9.22. The molecule has 170 valence electrons. The first kappa shape index (κ1) is 22.0. The lowest BCUT2D eigenvalue weighted by Crippen LogP contribution is -2.39. The molecule has 0 spiro atoms. The Morgan fingerprint density at radius 3 is 2.03 bits per heavy atom. The van der Waals surface area contributed by atoms with Crippen LogP contribution in [0.5, 0.6) is 5.75 Å². The fourth-order valence-corrected chi connectivity index (χ4v) is 7.50. The summed E-state index contributed by atoms with van der Waals surface area (Å²) in [6.07, 6.45) is 6.02. The highest BCUT2D eigenvalue weighted by Gasteiger charge is 2.34. The molecule has 0 aliphatic heterocycles. The molecule has 1 fully saturated rings. The lowest BCUT2D eigenvalue weighted by Gasteiger charge is -2.36. The number of fused-ring (bicyclic) bond motifs is 3. The standard InChI is InChI=1S/C29H31O3S/c1-29(2,21-10-4-3-5-11-21)32-28(30)20-31-22-16-18-23(19-17-22)33-26-14-8-6-12-24(26)25-13-7-9-15-27(25)33/h6-9,12-19,21H,3-5,10-11,20H2,1-2H3/q+1. The van der Waals surface area contributed by atoms with E-state index in [1.165, 1.54) is 44.3 Å². The van der Waals surface area contributed by atoms with Crippen LogP contribution in [0.1, 0.15) is 46.0 Å². The van der Waals surface area contributed by atoms with E-state index in [9.17, 15) is 4.79 Å². The zero-order valence-corrected chi connectivity index (χ0v) is 20.2. The molecule has 0 amide bonds. The summed E-state index contributed by atoms with van der Waals surface area (Å²) < 4.78 is 14.3. The van der Waals surface area contributed by atoms with Gasteiger partial charge in [0.2, 0.25) is 0 Å². The van der Waals surface area contributed by atoms with Gasteiger partial charge in [-0.25, -0.2) is 4.79 Å². The van der Waals surface area contributed by atoms with Gasteiger partial charge in [0.05, 0.1) is 0 Å². The van der Waals surface area contributed by atoms with Crippen molar-refractivity contribution in [3.63, 3.8) is 0 Å². The molecule has 1 saturated carbocycles. The summed E-state index contributed by atoms with van der Waals surface area (Å²) in [7, 11) is -0.125. The zero-order valence-electron chi connectivity index (χ0n) is 19.4. The lowest BCUT2D eigenvalue weighted by atomic mass is 9.79. The van der Waals surface area contributed by atoms with E-state index in [1.54, 1.807) is 0 Å². The summed E-state index contributed by atoms with van der Waals surface area (Å²) in [5, 5.41) is 2.64. The van der Waals surface area contributed by atoms with Gasteiger partial charge in [0, 0.05) is 33.4 Å². The van der Waals surface area contributed by atoms with Crippen LogP contribution < -0.4 is 4.74 Å². The van der Waals surface area contributed by atoms with E-state index in [0.29, 0.717) is 11.7 Å². The Morgan fingerprint density at radius 2 is 1.42 bits per heavy atom. The van der Waals surface area contributed by atoms with Crippen LogP contribution in [0.25, 0.3) is 25.1 Å². The third kappa shape index (κ3) is 4.49. The number of hydrogen-bond acceptors (Lipinski definition) is 3. The van der Waals surface area contributed by atoms with E-state index >= 15 is 0 Å². The lowest BCUT2D eigenvalue weighted by molar-refractivity contribution is -0.165. The molecule has 1 aliphatic rings. The second-order valence-electron chi connectivity index (χ2n) is 9.47. The number of benzene rings is 3. The van der Waals surface area contributed by atoms with Gasteiger partial charge in [0.1, 0.15) is 11.4 Å². The van der Waals surface area contributed by atoms with Gasteiger partial charge in [-0.2, -0.15) is 0 Å². The van der Waals surface area contributed by atoms with E-state index < -0.39 is 5.60 Å². The van der Waals surface area contributed by atoms with Crippen molar-refractivity contribution >= 4 is 36.6 Å². The Balaban J connectivity index is 1.29. The second-order valence-corrected chi connectivity index (χ2v) is 11.4. The summed E-state index contributed by atoms with van der Waals surface area (Å²) in [6.45, 7) is 4.01. The molecule has 4 aromatic rings. The van der Waals surface area contributed by atoms with Crippen LogP contribution in [-0.4, -0.2) is 18.2 Å². The van der Waals surface area contributed by atoms with Crippen LogP contribution in [0.3, 0.4) is 0 Å². The molecule has 0 bridgehead atoms. The maximum absolute atomic E-state index is 12.5. The van der Waals surface area contributed by atoms with Crippen molar-refractivity contribution in [2.24, 2.45) is 5.92 Å². The molecule has 3 aromatic carbocycles. The van der Waals surface area contributed by atoms with Crippen LogP contribution in [0.2, 0.25) is 0 Å². The molecule has 5 rings (SSSR count). The summed E-state index contributed by atoms with van der Waals surface area (Å²) in [5.41, 5.74) is -0.435. The maximum atomic E-state index is 12.5. The van der Waals surface area contributed by atoms with Crippen LogP contribution in [0.4, 0.5) is 0 Å². The highest BCUT2D eigenvalue weighted by Crippen LogP contribution is 2.48. The SMILES string of the molecule is CC(C)(OC(=O)COc1ccc(-[s+]2c3ccccc3c3ccccc32)cc1)C1CCCCC1. The number of esters is 1. The number of thiophene rings is 1. The summed E-state index contributed by atoms with van der Waals surface area (Å²) in [6, 6.07) is 25.5. The molecule has 33 heavy (non-hydrogen) atoms. The van der Waals surface area contributed by atoms with E-state index in [-0.39, 0.29) is 23.0 Å². The Labute approximate surface area is 198 Å². The minimum absolute atomic E-state index is 0.0626. The molecular weight excluding hydrogens is 428 g/mol. The first-order valence-electron chi connectivity index (χ1n) is 11.9. The Bertz CT molecular complexity index is 1210. The summed E-state index contributed by atoms with van der Waals surface area (Å²) in [4.78, 5) is 13.7. The average Bonchev–Trinajstić information content (AvgIpc) is 3.18. The van der Waals surface area contributed by atoms with Crippen molar-refractivity contribution in [1.82, 2.24) is 0 Å². The monoisotopic (exact) mass is 459 g/mol. The van der Waals surface area contributed by atoms with Gasteiger partial charge in [-0.05, 0) is 69.0 Å². The third-order valence-electron chi connectivity index (χ3n) is 6.89. The van der Waals surface area contributed by atoms with Crippen LogP contribution in [0.15, 0.2) is 72.8 Å². The predicted molar refractivity (Wildman–Crippen MR) is 138 cm³/mol. The predicted octanol–water partition coefficient (Wildman–Crippen LogP) is 8.01. The molecular formula is C29H31O3S+. The first-order chi connectivity index (χ1) is 16.0. The zero-order chi connectivity index (χ0) is 22.8. The first-order valence-corrected chi connectivity index (χ1v) is 13.1. The van der Waals surface area contributed by atoms with E-state index in [1.807, 2.05) is 26.0 Å². The Kier molecular flexibility index (Phi) is 6.11. The van der Waals surface area contributed by atoms with Gasteiger partial charge < -0.3 is 9.47 Å². The minimum Gasteiger partial charge on any atom is -0.482 e. The van der Waals surface area contributed by atoms with Gasteiger partial charge in [-0.15, -0.1) is 0 Å². The fraction of sp³-hybridized carbons (Fsp3) is 0.345. The summed E-state index contributed by atoms with van der Waals surface area (Å²) >= 11 is 0. The molecule has 3 nitrogen and oxygen atoms in total. The molecule has 0 unspecified atom stereocenters. The number of hydrogen-bond donors (Lipinski definition) is 0. The van der Waals surface area contributed by atoms with Crippen LogP contribution >= 0.6 is 10.5 Å². The smallest absolute Gasteiger partial charge is 0.344 e. The molecule has 1 aromatic heterocycles. The van der Waals surface area contributed by atoms with Crippen molar-refractivity contribution < 1.29 is 14.3 Å². The quantitative estimate of drug-likeness (QED) is 0.216. The van der Waals surface area contributed by atoms with Crippen LogP contribution in [0, 0.1) is 5.92 Å². The van der Waals surface area contributed by atoms with Gasteiger partial charge in [0.15, 0.2) is 20.9 Å². The normalized spacial score (nSPS) is 15.1. The maximum Gasteiger partial charge on any atom is 0.344 e. The van der Waals surface area contributed by atoms with E-state index in [2.05, 4.69) is 60.7 Å². The molecule has 0 N–H and O–H groups in total. The van der Waals surface area contributed by atoms with Crippen molar-refractivity contribution in [2.75, 3.05) is 6.61 Å². The Hall–Kier alpha value is -2.85. The average molecular weight is 460 g/mol. The highest BCUT2D eigenvalue weighted by molar-refractivity contribution is 7.50. The second kappa shape index (κ2) is 9.18.